The Morgan fingerprint density at radius 1 is 0.927 bits per heavy atom. The minimum Gasteiger partial charge on any atom is -0.491 e. The second kappa shape index (κ2) is 11.6. The van der Waals surface area contributed by atoms with Gasteiger partial charge >= 0.3 is 10.1 Å². The van der Waals surface area contributed by atoms with Crippen molar-refractivity contribution in [3.05, 3.63) is 78.5 Å². The first kappa shape index (κ1) is 28.8. The molecule has 0 saturated carbocycles. The van der Waals surface area contributed by atoms with E-state index in [1.807, 2.05) is 20.0 Å². The zero-order chi connectivity index (χ0) is 29.2. The van der Waals surface area contributed by atoms with Gasteiger partial charge in [0.1, 0.15) is 22.6 Å². The molecule has 2 aromatic carbocycles. The van der Waals surface area contributed by atoms with Crippen molar-refractivity contribution in [1.29, 1.82) is 0 Å². The third kappa shape index (κ3) is 6.14. The quantitative estimate of drug-likeness (QED) is 0.195. The molecule has 41 heavy (non-hydrogen) atoms. The van der Waals surface area contributed by atoms with E-state index in [0.29, 0.717) is 37.3 Å². The molecule has 3 heterocycles. The molecular weight excluding hydrogens is 566 g/mol. The van der Waals surface area contributed by atoms with Crippen LogP contribution in [0.25, 0.3) is 11.0 Å². The number of pyridine rings is 1. The number of aromatic nitrogens is 2. The summed E-state index contributed by atoms with van der Waals surface area (Å²) in [6.45, 7) is 4.51. The van der Waals surface area contributed by atoms with E-state index < -0.39 is 20.1 Å². The lowest BCUT2D eigenvalue weighted by atomic mass is 9.90. The standard InChI is InChI=1S/C29H31N3O7S2/c1-21(2)38-23-8-10-24(11-9-23)40(34,35)32-16-14-22(15-17-32)27-20-31(18-19-33)29-26(27)12-13-28(30-29)39-41(36,37)25-6-4-3-5-7-25/h3-13,19-22H,14-18H2,1-2H3. The molecule has 1 fully saturated rings. The molecule has 0 amide bonds. The zero-order valence-corrected chi connectivity index (χ0v) is 24.3. The number of hydrogen-bond acceptors (Lipinski definition) is 8. The number of ether oxygens (including phenoxy) is 1. The van der Waals surface area contributed by atoms with E-state index in [9.17, 15) is 21.6 Å². The summed E-state index contributed by atoms with van der Waals surface area (Å²) in [5, 5.41) is 0.762. The molecule has 12 heteroatoms. The third-order valence-electron chi connectivity index (χ3n) is 6.95. The molecule has 0 bridgehead atoms. The minimum absolute atomic E-state index is 0.00686. The summed E-state index contributed by atoms with van der Waals surface area (Å²) >= 11 is 0. The predicted molar refractivity (Wildman–Crippen MR) is 153 cm³/mol. The Bertz CT molecular complexity index is 1740. The zero-order valence-electron chi connectivity index (χ0n) is 22.7. The van der Waals surface area contributed by atoms with Gasteiger partial charge < -0.3 is 18.3 Å². The molecule has 1 aliphatic rings. The van der Waals surface area contributed by atoms with E-state index in [1.54, 1.807) is 53.1 Å². The largest absolute Gasteiger partial charge is 0.491 e. The number of fused-ring (bicyclic) bond motifs is 1. The second-order valence-corrected chi connectivity index (χ2v) is 13.6. The Hall–Kier alpha value is -3.74. The van der Waals surface area contributed by atoms with Gasteiger partial charge in [-0.3, -0.25) is 0 Å². The Balaban J connectivity index is 1.34. The topological polar surface area (TPSA) is 125 Å². The highest BCUT2D eigenvalue weighted by atomic mass is 32.2. The lowest BCUT2D eigenvalue weighted by Crippen LogP contribution is -2.37. The van der Waals surface area contributed by atoms with Crippen molar-refractivity contribution < 1.29 is 30.6 Å². The smallest absolute Gasteiger partial charge is 0.340 e. The summed E-state index contributed by atoms with van der Waals surface area (Å²) < 4.78 is 66.0. The normalized spacial score (nSPS) is 15.3. The molecule has 0 radical (unpaired) electrons. The van der Waals surface area contributed by atoms with Crippen molar-refractivity contribution in [3.8, 4) is 11.6 Å². The first-order chi connectivity index (χ1) is 19.6. The van der Waals surface area contributed by atoms with Crippen molar-refractivity contribution in [2.24, 2.45) is 0 Å². The maximum atomic E-state index is 13.3. The molecule has 0 spiro atoms. The number of carbonyl (C=O) groups excluding carboxylic acids is 1. The van der Waals surface area contributed by atoms with Crippen molar-refractivity contribution >= 4 is 37.5 Å². The fraction of sp³-hybridized carbons (Fsp3) is 0.310. The van der Waals surface area contributed by atoms with Crippen LogP contribution in [0.3, 0.4) is 0 Å². The summed E-state index contributed by atoms with van der Waals surface area (Å²) in [5.74, 6) is 0.536. The van der Waals surface area contributed by atoms with Gasteiger partial charge in [-0.25, -0.2) is 8.42 Å². The molecule has 4 aromatic rings. The van der Waals surface area contributed by atoms with E-state index >= 15 is 0 Å². The van der Waals surface area contributed by atoms with Crippen LogP contribution in [0.1, 0.15) is 38.2 Å². The summed E-state index contributed by atoms with van der Waals surface area (Å²) in [6.07, 6.45) is 3.73. The highest BCUT2D eigenvalue weighted by Gasteiger charge is 2.31. The van der Waals surface area contributed by atoms with Crippen LogP contribution in [0.2, 0.25) is 0 Å². The summed E-state index contributed by atoms with van der Waals surface area (Å²) in [5.41, 5.74) is 1.35. The number of piperidine rings is 1. The molecule has 216 valence electrons. The maximum absolute atomic E-state index is 13.3. The van der Waals surface area contributed by atoms with Gasteiger partial charge in [0.25, 0.3) is 0 Å². The van der Waals surface area contributed by atoms with Crippen molar-refractivity contribution in [2.45, 2.75) is 55.0 Å². The van der Waals surface area contributed by atoms with Crippen molar-refractivity contribution in [3.63, 3.8) is 0 Å². The Morgan fingerprint density at radius 3 is 2.24 bits per heavy atom. The van der Waals surface area contributed by atoms with Gasteiger partial charge in [-0.2, -0.15) is 17.7 Å². The Kier molecular flexibility index (Phi) is 8.16. The highest BCUT2D eigenvalue weighted by molar-refractivity contribution is 7.89. The van der Waals surface area contributed by atoms with E-state index in [4.69, 9.17) is 8.92 Å². The number of sulfonamides is 1. The molecular formula is C29H31N3O7S2. The molecule has 0 atom stereocenters. The summed E-state index contributed by atoms with van der Waals surface area (Å²) in [7, 11) is -7.75. The van der Waals surface area contributed by atoms with Crippen LogP contribution in [0.15, 0.2) is 82.7 Å². The predicted octanol–water partition coefficient (Wildman–Crippen LogP) is 4.36. The average molecular weight is 598 g/mol. The van der Waals surface area contributed by atoms with E-state index in [2.05, 4.69) is 4.98 Å². The number of nitrogens with zero attached hydrogens (tertiary/aromatic N) is 3. The van der Waals surface area contributed by atoms with Crippen molar-refractivity contribution in [2.75, 3.05) is 13.1 Å². The molecule has 5 rings (SSSR count). The van der Waals surface area contributed by atoms with E-state index in [-0.39, 0.29) is 34.2 Å². The number of hydrogen-bond donors (Lipinski definition) is 0. The number of carbonyl (C=O) groups is 1. The van der Waals surface area contributed by atoms with Crippen LogP contribution >= 0.6 is 0 Å². The summed E-state index contributed by atoms with van der Waals surface area (Å²) in [6, 6.07) is 17.5. The molecule has 1 aliphatic heterocycles. The van der Waals surface area contributed by atoms with Gasteiger partial charge in [0, 0.05) is 30.7 Å². The maximum Gasteiger partial charge on any atom is 0.340 e. The Labute approximate surface area is 239 Å². The fourth-order valence-corrected chi connectivity index (χ4v) is 7.41. The lowest BCUT2D eigenvalue weighted by molar-refractivity contribution is -0.108. The third-order valence-corrected chi connectivity index (χ3v) is 10.1. The molecule has 0 unspecified atom stereocenters. The second-order valence-electron chi connectivity index (χ2n) is 10.1. The average Bonchev–Trinajstić information content (AvgIpc) is 3.31. The van der Waals surface area contributed by atoms with Gasteiger partial charge in [-0.15, -0.1) is 0 Å². The molecule has 0 aliphatic carbocycles. The van der Waals surface area contributed by atoms with Gasteiger partial charge in [0.05, 0.1) is 17.5 Å². The van der Waals surface area contributed by atoms with Crippen molar-refractivity contribution in [1.82, 2.24) is 13.9 Å². The fourth-order valence-electron chi connectivity index (χ4n) is 5.03. The monoisotopic (exact) mass is 597 g/mol. The van der Waals surface area contributed by atoms with Gasteiger partial charge in [0.2, 0.25) is 15.9 Å². The molecule has 1 saturated heterocycles. The van der Waals surface area contributed by atoms with Gasteiger partial charge in [-0.1, -0.05) is 18.2 Å². The van der Waals surface area contributed by atoms with Crippen LogP contribution in [-0.4, -0.2) is 56.2 Å². The van der Waals surface area contributed by atoms with Crippen LogP contribution in [0.4, 0.5) is 0 Å². The van der Waals surface area contributed by atoms with E-state index in [1.165, 1.54) is 22.5 Å². The van der Waals surface area contributed by atoms with Gasteiger partial charge in [-0.05, 0) is 80.6 Å². The number of benzene rings is 2. The van der Waals surface area contributed by atoms with Crippen LogP contribution < -0.4 is 8.92 Å². The first-order valence-corrected chi connectivity index (χ1v) is 16.1. The SMILES string of the molecule is CC(C)Oc1ccc(S(=O)(=O)N2CCC(c3cn(CC=O)c4nc(OS(=O)(=O)c5ccccc5)ccc34)CC2)cc1. The Morgan fingerprint density at radius 2 is 1.61 bits per heavy atom. The lowest BCUT2D eigenvalue weighted by Gasteiger charge is -2.31. The van der Waals surface area contributed by atoms with Crippen LogP contribution in [0, 0.1) is 0 Å². The molecule has 2 aromatic heterocycles. The van der Waals surface area contributed by atoms with Gasteiger partial charge in [0.15, 0.2) is 0 Å². The first-order valence-electron chi connectivity index (χ1n) is 13.3. The number of rotatable bonds is 10. The highest BCUT2D eigenvalue weighted by Crippen LogP contribution is 2.36. The molecule has 0 N–H and O–H groups in total. The van der Waals surface area contributed by atoms with Crippen LogP contribution in [-0.2, 0) is 31.5 Å². The number of aldehydes is 1. The van der Waals surface area contributed by atoms with E-state index in [0.717, 1.165) is 17.2 Å². The summed E-state index contributed by atoms with van der Waals surface area (Å²) in [4.78, 5) is 16.1. The molecule has 10 nitrogen and oxygen atoms in total. The van der Waals surface area contributed by atoms with Crippen LogP contribution in [0.5, 0.6) is 11.6 Å². The minimum atomic E-state index is -4.08.